The van der Waals surface area contributed by atoms with Crippen LogP contribution in [-0.4, -0.2) is 64.2 Å². The Labute approximate surface area is 210 Å². The molecule has 0 fully saturated rings. The van der Waals surface area contributed by atoms with Crippen LogP contribution in [0.1, 0.15) is 37.6 Å². The second kappa shape index (κ2) is 12.5. The number of rotatable bonds is 12. The summed E-state index contributed by atoms with van der Waals surface area (Å²) < 4.78 is 16.8. The maximum absolute atomic E-state index is 11.2. The van der Waals surface area contributed by atoms with Crippen molar-refractivity contribution in [3.63, 3.8) is 0 Å². The lowest BCUT2D eigenvalue weighted by molar-refractivity contribution is -0.124. The summed E-state index contributed by atoms with van der Waals surface area (Å²) in [4.78, 5) is 20.4. The van der Waals surface area contributed by atoms with Gasteiger partial charge in [0, 0.05) is 29.9 Å². The number of carbonyl (C=O) groups is 1. The first-order valence-corrected chi connectivity index (χ1v) is 11.9. The van der Waals surface area contributed by atoms with Crippen molar-refractivity contribution in [1.29, 1.82) is 0 Å². The third kappa shape index (κ3) is 7.02. The van der Waals surface area contributed by atoms with Gasteiger partial charge in [-0.05, 0) is 48.9 Å². The minimum absolute atomic E-state index is 0.00846. The van der Waals surface area contributed by atoms with E-state index in [0.29, 0.717) is 41.2 Å². The third-order valence-corrected chi connectivity index (χ3v) is 5.44. The van der Waals surface area contributed by atoms with Gasteiger partial charge in [0.15, 0.2) is 0 Å². The lowest BCUT2D eigenvalue weighted by Gasteiger charge is -2.17. The lowest BCUT2D eigenvalue weighted by atomic mass is 10.0. The first-order valence-electron chi connectivity index (χ1n) is 11.9. The van der Waals surface area contributed by atoms with Gasteiger partial charge in [0.25, 0.3) is 5.89 Å². The number of nitrogens with zero attached hydrogens (tertiary/aromatic N) is 3. The molecule has 0 bridgehead atoms. The predicted octanol–water partition coefficient (Wildman–Crippen LogP) is 2.72. The molecule has 0 aliphatic carbocycles. The number of pyridine rings is 1. The Kier molecular flexibility index (Phi) is 9.38. The normalized spacial score (nSPS) is 12.0. The van der Waals surface area contributed by atoms with Crippen molar-refractivity contribution in [3.05, 3.63) is 41.1 Å². The summed E-state index contributed by atoms with van der Waals surface area (Å²) in [5.74, 6) is 1.95. The molecule has 0 aliphatic rings. The molecule has 1 aromatic carbocycles. The minimum Gasteiger partial charge on any atom is -0.497 e. The topological polar surface area (TPSA) is 140 Å². The minimum atomic E-state index is -0.917. The smallest absolute Gasteiger partial charge is 0.276 e. The molecule has 3 N–H and O–H groups in total. The lowest BCUT2D eigenvalue weighted by Crippen LogP contribution is -2.36. The number of aryl methyl sites for hydroxylation is 2. The van der Waals surface area contributed by atoms with Crippen LogP contribution in [0.3, 0.4) is 0 Å². The van der Waals surface area contributed by atoms with E-state index in [1.54, 1.807) is 13.2 Å². The molecule has 1 atom stereocenters. The number of hydrogen-bond donors (Lipinski definition) is 3. The summed E-state index contributed by atoms with van der Waals surface area (Å²) in [7, 11) is 1.61. The fourth-order valence-corrected chi connectivity index (χ4v) is 3.73. The molecule has 0 saturated heterocycles. The van der Waals surface area contributed by atoms with Crippen LogP contribution in [0.15, 0.2) is 28.8 Å². The Morgan fingerprint density at radius 3 is 2.64 bits per heavy atom. The van der Waals surface area contributed by atoms with Crippen LogP contribution in [0.25, 0.3) is 23.0 Å². The zero-order valence-electron chi connectivity index (χ0n) is 21.4. The first kappa shape index (κ1) is 27.1. The van der Waals surface area contributed by atoms with E-state index < -0.39 is 18.6 Å². The molecule has 1 amide bonds. The predicted molar refractivity (Wildman–Crippen MR) is 134 cm³/mol. The van der Waals surface area contributed by atoms with Crippen LogP contribution in [0.2, 0.25) is 0 Å². The number of methoxy groups -OCH3 is 1. The van der Waals surface area contributed by atoms with Crippen LogP contribution in [0.5, 0.6) is 11.5 Å². The van der Waals surface area contributed by atoms with E-state index in [1.807, 2.05) is 32.0 Å². The van der Waals surface area contributed by atoms with Crippen molar-refractivity contribution in [2.45, 2.75) is 46.6 Å². The van der Waals surface area contributed by atoms with Crippen molar-refractivity contribution < 1.29 is 29.0 Å². The molecule has 0 aliphatic heterocycles. The molecule has 0 spiro atoms. The van der Waals surface area contributed by atoms with Crippen molar-refractivity contribution in [1.82, 2.24) is 20.4 Å². The quantitative estimate of drug-likeness (QED) is 0.344. The summed E-state index contributed by atoms with van der Waals surface area (Å²) in [5, 5.41) is 25.4. The largest absolute Gasteiger partial charge is 0.497 e. The number of hydrogen-bond acceptors (Lipinski definition) is 9. The summed E-state index contributed by atoms with van der Waals surface area (Å²) in [5.41, 5.74) is 3.98. The Morgan fingerprint density at radius 2 is 1.97 bits per heavy atom. The van der Waals surface area contributed by atoms with Gasteiger partial charge in [-0.25, -0.2) is 4.98 Å². The molecule has 0 saturated carbocycles. The van der Waals surface area contributed by atoms with E-state index in [9.17, 15) is 9.90 Å². The van der Waals surface area contributed by atoms with Gasteiger partial charge >= 0.3 is 0 Å². The highest BCUT2D eigenvalue weighted by Gasteiger charge is 2.18. The fraction of sp³-hybridized carbons (Fsp3) is 0.462. The summed E-state index contributed by atoms with van der Waals surface area (Å²) in [6.45, 7) is 7.51. The van der Waals surface area contributed by atoms with Gasteiger partial charge < -0.3 is 29.5 Å². The fourth-order valence-electron chi connectivity index (χ4n) is 3.73. The molecule has 10 nitrogen and oxygen atoms in total. The second-order valence-electron chi connectivity index (χ2n) is 8.97. The van der Waals surface area contributed by atoms with Crippen LogP contribution in [-0.2, 0) is 17.6 Å². The molecule has 0 radical (unpaired) electrons. The van der Waals surface area contributed by atoms with Crippen molar-refractivity contribution in [3.8, 4) is 34.5 Å². The zero-order valence-corrected chi connectivity index (χ0v) is 21.4. The first-order chi connectivity index (χ1) is 17.2. The number of aliphatic hydroxyl groups is 2. The molecule has 2 aromatic heterocycles. The van der Waals surface area contributed by atoms with Gasteiger partial charge in [0.05, 0.1) is 7.11 Å². The van der Waals surface area contributed by atoms with Gasteiger partial charge in [-0.1, -0.05) is 25.9 Å². The van der Waals surface area contributed by atoms with Crippen LogP contribution in [0.4, 0.5) is 0 Å². The van der Waals surface area contributed by atoms with E-state index in [1.165, 1.54) is 0 Å². The molecule has 36 heavy (non-hydrogen) atoms. The summed E-state index contributed by atoms with van der Waals surface area (Å²) in [6.07, 6.45) is 0.566. The SMILES string of the molecule is CCc1cc(-c2noc(-c3cc(OC)cc(CC(C)C)n3)n2)cc(C)c1OCC(O)CNC(=O)CO. The average Bonchev–Trinajstić information content (AvgIpc) is 3.36. The molecule has 10 heteroatoms. The maximum Gasteiger partial charge on any atom is 0.276 e. The molecular formula is C26H34N4O6. The van der Waals surface area contributed by atoms with E-state index in [2.05, 4.69) is 34.3 Å². The Balaban J connectivity index is 1.81. The van der Waals surface area contributed by atoms with Gasteiger partial charge in [0.2, 0.25) is 11.7 Å². The standard InChI is InChI=1S/C26H34N4O6/c1-6-17-9-18(8-16(4)24(17)35-14-20(32)12-27-23(33)13-31)25-29-26(36-30-25)22-11-21(34-5)10-19(28-22)7-15(2)3/h8-11,15,20,31-32H,6-7,12-14H2,1-5H3,(H,27,33). The number of ether oxygens (including phenoxy) is 2. The van der Waals surface area contributed by atoms with Gasteiger partial charge in [-0.15, -0.1) is 0 Å². The monoisotopic (exact) mass is 498 g/mol. The van der Waals surface area contributed by atoms with Gasteiger partial charge in [-0.3, -0.25) is 4.79 Å². The summed E-state index contributed by atoms with van der Waals surface area (Å²) >= 11 is 0. The number of aromatic nitrogens is 3. The second-order valence-corrected chi connectivity index (χ2v) is 8.97. The Morgan fingerprint density at radius 1 is 1.19 bits per heavy atom. The highest BCUT2D eigenvalue weighted by atomic mass is 16.5. The van der Waals surface area contributed by atoms with Crippen LogP contribution in [0, 0.1) is 12.8 Å². The van der Waals surface area contributed by atoms with E-state index >= 15 is 0 Å². The number of nitrogens with one attached hydrogen (secondary N) is 1. The number of benzene rings is 1. The van der Waals surface area contributed by atoms with Gasteiger partial charge in [-0.2, -0.15) is 4.98 Å². The van der Waals surface area contributed by atoms with E-state index in [-0.39, 0.29) is 13.2 Å². The number of aliphatic hydroxyl groups excluding tert-OH is 2. The van der Waals surface area contributed by atoms with E-state index in [4.69, 9.17) is 19.1 Å². The highest BCUT2D eigenvalue weighted by Crippen LogP contribution is 2.31. The zero-order chi connectivity index (χ0) is 26.2. The van der Waals surface area contributed by atoms with Crippen LogP contribution >= 0.6 is 0 Å². The molecule has 3 rings (SSSR count). The number of amides is 1. The van der Waals surface area contributed by atoms with Crippen molar-refractivity contribution >= 4 is 5.91 Å². The van der Waals surface area contributed by atoms with Gasteiger partial charge in [0.1, 0.15) is 36.5 Å². The van der Waals surface area contributed by atoms with E-state index in [0.717, 1.165) is 28.8 Å². The highest BCUT2D eigenvalue weighted by molar-refractivity contribution is 5.76. The molecule has 2 heterocycles. The Hall–Kier alpha value is -3.50. The van der Waals surface area contributed by atoms with Crippen LogP contribution < -0.4 is 14.8 Å². The van der Waals surface area contributed by atoms with Crippen molar-refractivity contribution in [2.75, 3.05) is 26.9 Å². The molecule has 1 unspecified atom stereocenters. The average molecular weight is 499 g/mol. The third-order valence-electron chi connectivity index (χ3n) is 5.44. The molecular weight excluding hydrogens is 464 g/mol. The molecule has 194 valence electrons. The van der Waals surface area contributed by atoms with Crippen molar-refractivity contribution in [2.24, 2.45) is 5.92 Å². The summed E-state index contributed by atoms with van der Waals surface area (Å²) in [6, 6.07) is 7.51. The molecule has 3 aromatic rings. The number of carbonyl (C=O) groups excluding carboxylic acids is 1. The Bertz CT molecular complexity index is 1180. The maximum atomic E-state index is 11.2.